The fourth-order valence-electron chi connectivity index (χ4n) is 9.40. The van der Waals surface area contributed by atoms with Gasteiger partial charge in [-0.3, -0.25) is 4.57 Å². The van der Waals surface area contributed by atoms with Crippen LogP contribution in [0.5, 0.6) is 0 Å². The lowest BCUT2D eigenvalue weighted by Gasteiger charge is -2.13. The number of pyridine rings is 1. The van der Waals surface area contributed by atoms with Gasteiger partial charge in [0.2, 0.25) is 0 Å². The minimum atomic E-state index is 0.933. The van der Waals surface area contributed by atoms with Gasteiger partial charge in [0.25, 0.3) is 0 Å². The Morgan fingerprint density at radius 3 is 1.75 bits per heavy atom. The Balaban J connectivity index is 1.21. The molecule has 0 atom stereocenters. The standard InChI is InChI=1S/C51H28N2S2/c1-2-12-31-29(11-1)22-25-41-48(31)49-42(26-24-38-34-15-4-3-13-32(34)33-14-5-6-17-37(33)47(38)49)53(41)46-28-40(51-50(52-46)39-18-8-10-20-44(39)55-51)30-21-23-36-35-16-7-9-19-43(35)54-45(36)27-30/h1-28H. The summed E-state index contributed by atoms with van der Waals surface area (Å²) in [6, 6.07) is 62.8. The van der Waals surface area contributed by atoms with Crippen molar-refractivity contribution >= 4 is 128 Å². The zero-order valence-corrected chi connectivity index (χ0v) is 31.0. The first kappa shape index (κ1) is 29.8. The summed E-state index contributed by atoms with van der Waals surface area (Å²) in [4.78, 5) is 5.64. The molecule has 0 radical (unpaired) electrons. The Kier molecular flexibility index (Phi) is 5.96. The molecule has 13 rings (SSSR count). The summed E-state index contributed by atoms with van der Waals surface area (Å²) in [5, 5.41) is 16.6. The quantitative estimate of drug-likeness (QED) is 0.162. The van der Waals surface area contributed by atoms with Gasteiger partial charge in [-0.25, -0.2) is 4.98 Å². The molecule has 55 heavy (non-hydrogen) atoms. The van der Waals surface area contributed by atoms with E-state index < -0.39 is 0 Å². The van der Waals surface area contributed by atoms with Gasteiger partial charge in [0, 0.05) is 52.0 Å². The van der Waals surface area contributed by atoms with Crippen molar-refractivity contribution in [2.45, 2.75) is 0 Å². The monoisotopic (exact) mass is 732 g/mol. The number of benzene rings is 9. The summed E-state index contributed by atoms with van der Waals surface area (Å²) < 4.78 is 7.54. The van der Waals surface area contributed by atoms with E-state index in [2.05, 4.69) is 174 Å². The zero-order chi connectivity index (χ0) is 35.8. The Hall–Kier alpha value is -6.59. The first-order chi connectivity index (χ1) is 27.3. The lowest BCUT2D eigenvalue weighted by atomic mass is 9.91. The Morgan fingerprint density at radius 1 is 0.382 bits per heavy atom. The van der Waals surface area contributed by atoms with Gasteiger partial charge in [0.05, 0.1) is 21.3 Å². The third kappa shape index (κ3) is 4.05. The first-order valence-corrected chi connectivity index (χ1v) is 20.3. The molecule has 0 aliphatic carbocycles. The predicted octanol–water partition coefficient (Wildman–Crippen LogP) is 15.2. The van der Waals surface area contributed by atoms with Crippen LogP contribution in [0.1, 0.15) is 0 Å². The summed E-state index contributed by atoms with van der Waals surface area (Å²) in [6.07, 6.45) is 0. The molecule has 4 heteroatoms. The molecule has 0 N–H and O–H groups in total. The number of rotatable bonds is 2. The van der Waals surface area contributed by atoms with Crippen LogP contribution in [0.4, 0.5) is 0 Å². The van der Waals surface area contributed by atoms with Crippen LogP contribution in [0, 0.1) is 0 Å². The minimum absolute atomic E-state index is 0.933. The molecule has 0 spiro atoms. The number of nitrogens with zero attached hydrogens (tertiary/aromatic N) is 2. The van der Waals surface area contributed by atoms with Crippen LogP contribution in [0.3, 0.4) is 0 Å². The molecular formula is C51H28N2S2. The molecule has 0 fully saturated rings. The summed E-state index contributed by atoms with van der Waals surface area (Å²) in [7, 11) is 0. The molecule has 0 aliphatic heterocycles. The van der Waals surface area contributed by atoms with Gasteiger partial charge >= 0.3 is 0 Å². The van der Waals surface area contributed by atoms with E-state index in [0.717, 1.165) is 22.4 Å². The highest BCUT2D eigenvalue weighted by Crippen LogP contribution is 2.47. The van der Waals surface area contributed by atoms with Gasteiger partial charge < -0.3 is 0 Å². The molecular weight excluding hydrogens is 705 g/mol. The highest BCUT2D eigenvalue weighted by atomic mass is 32.1. The number of hydrogen-bond acceptors (Lipinski definition) is 3. The van der Waals surface area contributed by atoms with E-state index in [1.54, 1.807) is 0 Å². The number of hydrogen-bond donors (Lipinski definition) is 0. The maximum atomic E-state index is 5.64. The van der Waals surface area contributed by atoms with Crippen molar-refractivity contribution in [2.24, 2.45) is 0 Å². The lowest BCUT2D eigenvalue weighted by Crippen LogP contribution is -1.98. The highest BCUT2D eigenvalue weighted by Gasteiger charge is 2.23. The van der Waals surface area contributed by atoms with Gasteiger partial charge in [-0.1, -0.05) is 133 Å². The zero-order valence-electron chi connectivity index (χ0n) is 29.4. The van der Waals surface area contributed by atoms with Gasteiger partial charge in [-0.15, -0.1) is 22.7 Å². The van der Waals surface area contributed by atoms with Crippen LogP contribution in [0.2, 0.25) is 0 Å². The molecule has 0 aliphatic rings. The van der Waals surface area contributed by atoms with Crippen LogP contribution >= 0.6 is 22.7 Å². The van der Waals surface area contributed by atoms with Crippen LogP contribution in [0.25, 0.3) is 122 Å². The summed E-state index contributed by atoms with van der Waals surface area (Å²) in [6.45, 7) is 0. The second kappa shape index (κ2) is 11.0. The van der Waals surface area contributed by atoms with E-state index in [9.17, 15) is 0 Å². The second-order valence-corrected chi connectivity index (χ2v) is 16.7. The van der Waals surface area contributed by atoms with E-state index in [0.29, 0.717) is 0 Å². The maximum absolute atomic E-state index is 5.64. The van der Waals surface area contributed by atoms with E-state index in [4.69, 9.17) is 4.98 Å². The van der Waals surface area contributed by atoms with E-state index in [1.807, 2.05) is 22.7 Å². The van der Waals surface area contributed by atoms with E-state index in [1.165, 1.54) is 99.9 Å². The van der Waals surface area contributed by atoms with Gasteiger partial charge in [0.1, 0.15) is 5.82 Å². The Labute approximate surface area is 322 Å². The molecule has 4 heterocycles. The maximum Gasteiger partial charge on any atom is 0.139 e. The van der Waals surface area contributed by atoms with Crippen molar-refractivity contribution in [3.63, 3.8) is 0 Å². The summed E-state index contributed by atoms with van der Waals surface area (Å²) in [5.74, 6) is 0.933. The molecule has 0 amide bonds. The minimum Gasteiger partial charge on any atom is -0.294 e. The molecule has 9 aromatic carbocycles. The molecule has 0 saturated heterocycles. The predicted molar refractivity (Wildman–Crippen MR) is 240 cm³/mol. The molecule has 0 unspecified atom stereocenters. The summed E-state index contributed by atoms with van der Waals surface area (Å²) >= 11 is 3.72. The number of aromatic nitrogens is 2. The van der Waals surface area contributed by atoms with Crippen molar-refractivity contribution in [2.75, 3.05) is 0 Å². The molecule has 2 nitrogen and oxygen atoms in total. The van der Waals surface area contributed by atoms with Gasteiger partial charge in [-0.2, -0.15) is 0 Å². The topological polar surface area (TPSA) is 17.8 Å². The molecule has 13 aromatic rings. The SMILES string of the molecule is c1ccc2c(c1)ccc1c2c2c3c4ccccc4c4ccccc4c3ccc2n1-c1cc(-c2ccc3c(c2)sc2ccccc23)c2sc3ccccc3c2n1. The van der Waals surface area contributed by atoms with Crippen LogP contribution in [-0.2, 0) is 0 Å². The van der Waals surface area contributed by atoms with Crippen molar-refractivity contribution in [1.29, 1.82) is 0 Å². The van der Waals surface area contributed by atoms with Crippen molar-refractivity contribution in [1.82, 2.24) is 9.55 Å². The Morgan fingerprint density at radius 2 is 0.945 bits per heavy atom. The number of thiophene rings is 2. The third-order valence-electron chi connectivity index (χ3n) is 11.8. The Bertz CT molecular complexity index is 3750. The van der Waals surface area contributed by atoms with Crippen LogP contribution < -0.4 is 0 Å². The average molecular weight is 733 g/mol. The molecule has 0 bridgehead atoms. The molecule has 254 valence electrons. The fourth-order valence-corrected chi connectivity index (χ4v) is 11.7. The number of fused-ring (bicyclic) bond motifs is 18. The largest absolute Gasteiger partial charge is 0.294 e. The van der Waals surface area contributed by atoms with E-state index in [-0.39, 0.29) is 0 Å². The van der Waals surface area contributed by atoms with Crippen LogP contribution in [0.15, 0.2) is 170 Å². The van der Waals surface area contributed by atoms with Crippen molar-refractivity contribution in [3.8, 4) is 16.9 Å². The van der Waals surface area contributed by atoms with Crippen molar-refractivity contribution < 1.29 is 0 Å². The van der Waals surface area contributed by atoms with Gasteiger partial charge in [-0.05, 0) is 79.7 Å². The van der Waals surface area contributed by atoms with Crippen LogP contribution in [-0.4, -0.2) is 9.55 Å². The van der Waals surface area contributed by atoms with Gasteiger partial charge in [0.15, 0.2) is 0 Å². The lowest BCUT2D eigenvalue weighted by molar-refractivity contribution is 1.11. The molecule has 4 aromatic heterocycles. The summed E-state index contributed by atoms with van der Waals surface area (Å²) in [5.41, 5.74) is 5.81. The van der Waals surface area contributed by atoms with Crippen molar-refractivity contribution in [3.05, 3.63) is 170 Å². The normalized spacial score (nSPS) is 12.4. The molecule has 0 saturated carbocycles. The fraction of sp³-hybridized carbons (Fsp3) is 0. The average Bonchev–Trinajstić information content (AvgIpc) is 3.92. The second-order valence-electron chi connectivity index (χ2n) is 14.6. The first-order valence-electron chi connectivity index (χ1n) is 18.7. The van der Waals surface area contributed by atoms with E-state index >= 15 is 0 Å². The third-order valence-corrected chi connectivity index (χ3v) is 14.1. The smallest absolute Gasteiger partial charge is 0.139 e. The highest BCUT2D eigenvalue weighted by molar-refractivity contribution is 7.26.